The maximum absolute atomic E-state index is 13.8. The van der Waals surface area contributed by atoms with E-state index >= 15 is 0 Å². The molecule has 1 aromatic heterocycles. The molecule has 0 fully saturated rings. The lowest BCUT2D eigenvalue weighted by Gasteiger charge is -2.17. The number of rotatable bonds is 6. The van der Waals surface area contributed by atoms with Crippen molar-refractivity contribution in [1.82, 2.24) is 5.32 Å². The molecule has 1 atom stereocenters. The Balaban J connectivity index is 2.21. The highest BCUT2D eigenvalue weighted by atomic mass is 19.1. The van der Waals surface area contributed by atoms with Crippen LogP contribution in [0.5, 0.6) is 0 Å². The molecular weight excluding hydrogens is 260 g/mol. The third-order valence-corrected chi connectivity index (χ3v) is 3.23. The SMILES string of the molecule is CCCNC(Cc1cc(F)ccc1F)c1coc(C)c1. The van der Waals surface area contributed by atoms with Gasteiger partial charge in [0.25, 0.3) is 0 Å². The molecule has 0 radical (unpaired) electrons. The molecule has 2 nitrogen and oxygen atoms in total. The molecule has 0 aliphatic carbocycles. The summed E-state index contributed by atoms with van der Waals surface area (Å²) in [5.74, 6) is 0.0111. The van der Waals surface area contributed by atoms with E-state index in [1.54, 1.807) is 6.26 Å². The van der Waals surface area contributed by atoms with E-state index in [-0.39, 0.29) is 11.9 Å². The summed E-state index contributed by atoms with van der Waals surface area (Å²) in [5, 5.41) is 3.35. The molecule has 108 valence electrons. The fourth-order valence-corrected chi connectivity index (χ4v) is 2.19. The Bertz CT molecular complexity index is 565. The second kappa shape index (κ2) is 6.66. The van der Waals surface area contributed by atoms with Crippen LogP contribution in [0.15, 0.2) is 34.9 Å². The lowest BCUT2D eigenvalue weighted by Crippen LogP contribution is -2.24. The third kappa shape index (κ3) is 3.67. The first kappa shape index (κ1) is 14.7. The summed E-state index contributed by atoms with van der Waals surface area (Å²) in [6.07, 6.45) is 3.03. The number of aryl methyl sites for hydroxylation is 1. The maximum atomic E-state index is 13.8. The number of furan rings is 1. The van der Waals surface area contributed by atoms with Crippen molar-refractivity contribution in [2.45, 2.75) is 32.7 Å². The highest BCUT2D eigenvalue weighted by Crippen LogP contribution is 2.22. The first-order valence-electron chi connectivity index (χ1n) is 6.82. The van der Waals surface area contributed by atoms with Crippen LogP contribution in [0.2, 0.25) is 0 Å². The summed E-state index contributed by atoms with van der Waals surface area (Å²) in [5.41, 5.74) is 1.33. The molecule has 1 heterocycles. The van der Waals surface area contributed by atoms with Gasteiger partial charge in [-0.15, -0.1) is 0 Å². The monoisotopic (exact) mass is 279 g/mol. The van der Waals surface area contributed by atoms with Crippen LogP contribution in [-0.4, -0.2) is 6.54 Å². The molecule has 0 saturated heterocycles. The second-order valence-corrected chi connectivity index (χ2v) is 4.94. The van der Waals surface area contributed by atoms with Crippen molar-refractivity contribution in [2.24, 2.45) is 0 Å². The van der Waals surface area contributed by atoms with Crippen LogP contribution >= 0.6 is 0 Å². The van der Waals surface area contributed by atoms with Crippen molar-refractivity contribution in [2.75, 3.05) is 6.54 Å². The minimum absolute atomic E-state index is 0.0799. The zero-order valence-electron chi connectivity index (χ0n) is 11.7. The fourth-order valence-electron chi connectivity index (χ4n) is 2.19. The lowest BCUT2D eigenvalue weighted by molar-refractivity contribution is 0.493. The van der Waals surface area contributed by atoms with E-state index in [4.69, 9.17) is 4.42 Å². The second-order valence-electron chi connectivity index (χ2n) is 4.94. The Morgan fingerprint density at radius 1 is 1.25 bits per heavy atom. The van der Waals surface area contributed by atoms with Crippen molar-refractivity contribution in [3.63, 3.8) is 0 Å². The predicted octanol–water partition coefficient (Wildman–Crippen LogP) is 4.15. The quantitative estimate of drug-likeness (QED) is 0.859. The molecule has 20 heavy (non-hydrogen) atoms. The van der Waals surface area contributed by atoms with Gasteiger partial charge in [-0.3, -0.25) is 0 Å². The van der Waals surface area contributed by atoms with Crippen LogP contribution in [0.3, 0.4) is 0 Å². The minimum Gasteiger partial charge on any atom is -0.469 e. The standard InChI is InChI=1S/C16H19F2NO/c1-3-6-19-16(13-7-11(2)20-10-13)9-12-8-14(17)4-5-15(12)18/h4-5,7-8,10,16,19H,3,6,9H2,1-2H3. The molecule has 0 bridgehead atoms. The Morgan fingerprint density at radius 2 is 2.05 bits per heavy atom. The van der Waals surface area contributed by atoms with E-state index in [0.717, 1.165) is 30.4 Å². The fraction of sp³-hybridized carbons (Fsp3) is 0.375. The number of halogens is 2. The van der Waals surface area contributed by atoms with Crippen molar-refractivity contribution in [3.8, 4) is 0 Å². The smallest absolute Gasteiger partial charge is 0.126 e. The average molecular weight is 279 g/mol. The van der Waals surface area contributed by atoms with E-state index in [2.05, 4.69) is 12.2 Å². The average Bonchev–Trinajstić information content (AvgIpc) is 2.85. The molecule has 1 unspecified atom stereocenters. The number of hydrogen-bond donors (Lipinski definition) is 1. The first-order valence-corrected chi connectivity index (χ1v) is 6.82. The van der Waals surface area contributed by atoms with Gasteiger partial charge in [-0.05, 0) is 56.1 Å². The van der Waals surface area contributed by atoms with Crippen LogP contribution < -0.4 is 5.32 Å². The first-order chi connectivity index (χ1) is 9.60. The summed E-state index contributed by atoms with van der Waals surface area (Å²) in [6, 6.07) is 5.40. The molecule has 0 amide bonds. The van der Waals surface area contributed by atoms with Gasteiger partial charge < -0.3 is 9.73 Å². The molecule has 0 aliphatic rings. The normalized spacial score (nSPS) is 12.6. The van der Waals surface area contributed by atoms with Crippen molar-refractivity contribution < 1.29 is 13.2 Å². The van der Waals surface area contributed by atoms with Crippen LogP contribution in [-0.2, 0) is 6.42 Å². The molecule has 0 saturated carbocycles. The van der Waals surface area contributed by atoms with Crippen LogP contribution in [0.1, 0.15) is 36.3 Å². The Hall–Kier alpha value is -1.68. The number of benzene rings is 1. The molecular formula is C16H19F2NO. The summed E-state index contributed by atoms with van der Waals surface area (Å²) < 4.78 is 32.3. The van der Waals surface area contributed by atoms with Gasteiger partial charge >= 0.3 is 0 Å². The maximum Gasteiger partial charge on any atom is 0.126 e. The van der Waals surface area contributed by atoms with Crippen molar-refractivity contribution in [1.29, 1.82) is 0 Å². The molecule has 2 aromatic rings. The summed E-state index contributed by atoms with van der Waals surface area (Å²) >= 11 is 0. The predicted molar refractivity (Wildman–Crippen MR) is 74.5 cm³/mol. The van der Waals surface area contributed by atoms with E-state index in [0.29, 0.717) is 12.0 Å². The Morgan fingerprint density at radius 3 is 2.70 bits per heavy atom. The van der Waals surface area contributed by atoms with Crippen LogP contribution in [0, 0.1) is 18.6 Å². The van der Waals surface area contributed by atoms with E-state index in [1.807, 2.05) is 13.0 Å². The Kier molecular flexibility index (Phi) is 4.90. The van der Waals surface area contributed by atoms with Crippen molar-refractivity contribution >= 4 is 0 Å². The van der Waals surface area contributed by atoms with Gasteiger partial charge in [0, 0.05) is 11.6 Å². The van der Waals surface area contributed by atoms with Gasteiger partial charge in [-0.2, -0.15) is 0 Å². The van der Waals surface area contributed by atoms with Gasteiger partial charge in [0.1, 0.15) is 17.4 Å². The van der Waals surface area contributed by atoms with Gasteiger partial charge in [0.05, 0.1) is 6.26 Å². The van der Waals surface area contributed by atoms with Gasteiger partial charge in [0.15, 0.2) is 0 Å². The van der Waals surface area contributed by atoms with Crippen LogP contribution in [0.4, 0.5) is 8.78 Å². The molecule has 1 aromatic carbocycles. The molecule has 1 N–H and O–H groups in total. The largest absolute Gasteiger partial charge is 0.469 e. The topological polar surface area (TPSA) is 25.2 Å². The lowest BCUT2D eigenvalue weighted by atomic mass is 10.00. The molecule has 4 heteroatoms. The van der Waals surface area contributed by atoms with E-state index in [9.17, 15) is 8.78 Å². The van der Waals surface area contributed by atoms with Gasteiger partial charge in [-0.25, -0.2) is 8.78 Å². The summed E-state index contributed by atoms with van der Waals surface area (Å²) in [7, 11) is 0. The Labute approximate surface area is 117 Å². The molecule has 2 rings (SSSR count). The highest BCUT2D eigenvalue weighted by Gasteiger charge is 2.16. The van der Waals surface area contributed by atoms with E-state index < -0.39 is 5.82 Å². The molecule has 0 spiro atoms. The van der Waals surface area contributed by atoms with E-state index in [1.165, 1.54) is 12.1 Å². The summed E-state index contributed by atoms with van der Waals surface area (Å²) in [4.78, 5) is 0. The zero-order valence-corrected chi connectivity index (χ0v) is 11.7. The van der Waals surface area contributed by atoms with Crippen molar-refractivity contribution in [3.05, 3.63) is 59.1 Å². The minimum atomic E-state index is -0.418. The highest BCUT2D eigenvalue weighted by molar-refractivity contribution is 5.24. The van der Waals surface area contributed by atoms with Gasteiger partial charge in [-0.1, -0.05) is 6.92 Å². The van der Waals surface area contributed by atoms with Gasteiger partial charge in [0.2, 0.25) is 0 Å². The zero-order chi connectivity index (χ0) is 14.5. The summed E-state index contributed by atoms with van der Waals surface area (Å²) in [6.45, 7) is 4.74. The molecule has 0 aliphatic heterocycles. The third-order valence-electron chi connectivity index (χ3n) is 3.23. The number of nitrogens with one attached hydrogen (secondary N) is 1. The number of hydrogen-bond acceptors (Lipinski definition) is 2. The van der Waals surface area contributed by atoms with Crippen LogP contribution in [0.25, 0.3) is 0 Å².